The third-order valence-corrected chi connectivity index (χ3v) is 4.42. The van der Waals surface area contributed by atoms with Crippen molar-refractivity contribution < 1.29 is 0 Å². The fourth-order valence-corrected chi connectivity index (χ4v) is 2.81. The molecule has 0 saturated carbocycles. The van der Waals surface area contributed by atoms with Gasteiger partial charge in [0.25, 0.3) is 0 Å². The van der Waals surface area contributed by atoms with Gasteiger partial charge in [-0.05, 0) is 41.5 Å². The van der Waals surface area contributed by atoms with Gasteiger partial charge in [-0.25, -0.2) is 0 Å². The molecule has 2 aromatic rings. The van der Waals surface area contributed by atoms with Gasteiger partial charge in [0.1, 0.15) is 0 Å². The monoisotopic (exact) mass is 312 g/mol. The van der Waals surface area contributed by atoms with Crippen LogP contribution in [0.3, 0.4) is 0 Å². The lowest BCUT2D eigenvalue weighted by atomic mass is 9.96. The zero-order valence-corrected chi connectivity index (χ0v) is 14.3. The fourth-order valence-electron chi connectivity index (χ4n) is 2.81. The van der Waals surface area contributed by atoms with Crippen LogP contribution in [0, 0.1) is 0 Å². The Kier molecular flexibility index (Phi) is 5.63. The summed E-state index contributed by atoms with van der Waals surface area (Å²) >= 11 is 0. The van der Waals surface area contributed by atoms with Crippen LogP contribution in [0.15, 0.2) is 84.0 Å². The van der Waals surface area contributed by atoms with Crippen molar-refractivity contribution in [2.45, 2.75) is 26.2 Å². The molecule has 0 amide bonds. The molecule has 0 atom stereocenters. The Morgan fingerprint density at radius 1 is 0.667 bits per heavy atom. The minimum absolute atomic E-state index is 1.16. The number of rotatable bonds is 5. The minimum Gasteiger partial charge on any atom is -0.0702 e. The Bertz CT molecular complexity index is 769. The molecule has 0 N–H and O–H groups in total. The van der Waals surface area contributed by atoms with E-state index in [1.165, 1.54) is 35.1 Å². The van der Waals surface area contributed by atoms with Crippen molar-refractivity contribution in [2.24, 2.45) is 0 Å². The van der Waals surface area contributed by atoms with Crippen LogP contribution < -0.4 is 0 Å². The van der Waals surface area contributed by atoms with Gasteiger partial charge >= 0.3 is 0 Å². The molecule has 0 saturated heterocycles. The molecule has 24 heavy (non-hydrogen) atoms. The average molecular weight is 312 g/mol. The van der Waals surface area contributed by atoms with E-state index in [9.17, 15) is 0 Å². The lowest BCUT2D eigenvalue weighted by Gasteiger charge is -2.10. The smallest absolute Gasteiger partial charge is 0.0241 e. The molecule has 0 radical (unpaired) electrons. The van der Waals surface area contributed by atoms with Crippen LogP contribution in [0.1, 0.15) is 42.9 Å². The highest BCUT2D eigenvalue weighted by Crippen LogP contribution is 2.22. The molecule has 2 aromatic carbocycles. The van der Waals surface area contributed by atoms with E-state index in [0.29, 0.717) is 0 Å². The quantitative estimate of drug-likeness (QED) is 0.525. The van der Waals surface area contributed by atoms with E-state index in [0.717, 1.165) is 6.42 Å². The van der Waals surface area contributed by atoms with Gasteiger partial charge in [-0.3, -0.25) is 0 Å². The predicted molar refractivity (Wildman–Crippen MR) is 107 cm³/mol. The van der Waals surface area contributed by atoms with Crippen molar-refractivity contribution in [3.05, 3.63) is 101 Å². The van der Waals surface area contributed by atoms with Crippen molar-refractivity contribution in [2.75, 3.05) is 0 Å². The zero-order valence-electron chi connectivity index (χ0n) is 14.3. The maximum Gasteiger partial charge on any atom is -0.0241 e. The van der Waals surface area contributed by atoms with Gasteiger partial charge in [0, 0.05) is 0 Å². The van der Waals surface area contributed by atoms with Crippen LogP contribution >= 0.6 is 0 Å². The number of benzene rings is 2. The van der Waals surface area contributed by atoms with E-state index in [1.807, 2.05) is 6.07 Å². The minimum atomic E-state index is 1.16. The van der Waals surface area contributed by atoms with Crippen molar-refractivity contribution in [3.8, 4) is 0 Å². The molecule has 0 unspecified atom stereocenters. The van der Waals surface area contributed by atoms with Gasteiger partial charge in [0.05, 0.1) is 0 Å². The van der Waals surface area contributed by atoms with Gasteiger partial charge < -0.3 is 0 Å². The second kappa shape index (κ2) is 8.31. The molecular formula is C24H24. The third kappa shape index (κ3) is 4.70. The average Bonchev–Trinajstić information content (AvgIpc) is 2.67. The second-order valence-electron chi connectivity index (χ2n) is 6.16. The number of allylic oxidation sites excluding steroid dienone is 5. The molecule has 0 heteroatoms. The Hall–Kier alpha value is -2.60. The number of hydrogen-bond donors (Lipinski definition) is 0. The summed E-state index contributed by atoms with van der Waals surface area (Å²) in [5.74, 6) is 0. The lowest BCUT2D eigenvalue weighted by molar-refractivity contribution is 0.873. The topological polar surface area (TPSA) is 0 Å². The first-order valence-electron chi connectivity index (χ1n) is 8.73. The summed E-state index contributed by atoms with van der Waals surface area (Å²) in [6.45, 7) is 2.23. The molecule has 120 valence electrons. The van der Waals surface area contributed by atoms with Crippen LogP contribution in [-0.4, -0.2) is 0 Å². The first kappa shape index (κ1) is 16.3. The van der Waals surface area contributed by atoms with Crippen molar-refractivity contribution in [3.63, 3.8) is 0 Å². The van der Waals surface area contributed by atoms with Gasteiger partial charge in [-0.15, -0.1) is 0 Å². The van der Waals surface area contributed by atoms with Crippen molar-refractivity contribution in [1.82, 2.24) is 0 Å². The summed E-state index contributed by atoms with van der Waals surface area (Å²) < 4.78 is 0. The zero-order chi connectivity index (χ0) is 16.6. The molecule has 3 rings (SSSR count). The Morgan fingerprint density at radius 2 is 1.25 bits per heavy atom. The molecule has 0 bridgehead atoms. The van der Waals surface area contributed by atoms with E-state index in [-0.39, 0.29) is 0 Å². The van der Waals surface area contributed by atoms with Gasteiger partial charge in [0.15, 0.2) is 0 Å². The summed E-state index contributed by atoms with van der Waals surface area (Å²) in [6, 6.07) is 19.1. The Balaban J connectivity index is 1.63. The summed E-state index contributed by atoms with van der Waals surface area (Å²) in [5.41, 5.74) is 6.67. The highest BCUT2D eigenvalue weighted by molar-refractivity contribution is 5.70. The molecular weight excluding hydrogens is 288 g/mol. The maximum absolute atomic E-state index is 2.28. The van der Waals surface area contributed by atoms with E-state index in [1.54, 1.807) is 5.57 Å². The molecule has 1 aliphatic carbocycles. The third-order valence-electron chi connectivity index (χ3n) is 4.42. The Morgan fingerprint density at radius 3 is 1.79 bits per heavy atom. The van der Waals surface area contributed by atoms with Crippen LogP contribution in [-0.2, 0) is 0 Å². The molecule has 0 fully saturated rings. The summed E-state index contributed by atoms with van der Waals surface area (Å²) in [6.07, 6.45) is 16.8. The van der Waals surface area contributed by atoms with E-state index >= 15 is 0 Å². The SMILES string of the molecule is CCC1=CC=C(/C=C/c2ccc(/C=C/c3ccccc3)cc2)CC1. The van der Waals surface area contributed by atoms with Gasteiger partial charge in [-0.2, -0.15) is 0 Å². The van der Waals surface area contributed by atoms with Gasteiger partial charge in [-0.1, -0.05) is 104 Å². The first-order valence-corrected chi connectivity index (χ1v) is 8.73. The van der Waals surface area contributed by atoms with Crippen LogP contribution in [0.2, 0.25) is 0 Å². The number of hydrogen-bond acceptors (Lipinski definition) is 0. The molecule has 1 aliphatic rings. The van der Waals surface area contributed by atoms with E-state index in [4.69, 9.17) is 0 Å². The van der Waals surface area contributed by atoms with Crippen molar-refractivity contribution >= 4 is 18.2 Å². The maximum atomic E-state index is 2.28. The highest BCUT2D eigenvalue weighted by Gasteiger charge is 2.02. The van der Waals surface area contributed by atoms with E-state index in [2.05, 4.69) is 91.9 Å². The molecule has 0 nitrogen and oxygen atoms in total. The predicted octanol–water partition coefficient (Wildman–Crippen LogP) is 6.93. The summed E-state index contributed by atoms with van der Waals surface area (Å²) in [7, 11) is 0. The molecule has 0 aromatic heterocycles. The largest absolute Gasteiger partial charge is 0.0702 e. The van der Waals surface area contributed by atoms with E-state index < -0.39 is 0 Å². The van der Waals surface area contributed by atoms with Crippen molar-refractivity contribution in [1.29, 1.82) is 0 Å². The molecule has 0 aliphatic heterocycles. The molecule has 0 heterocycles. The Labute approximate surface area is 145 Å². The van der Waals surface area contributed by atoms with Crippen LogP contribution in [0.4, 0.5) is 0 Å². The van der Waals surface area contributed by atoms with Crippen LogP contribution in [0.5, 0.6) is 0 Å². The second-order valence-corrected chi connectivity index (χ2v) is 6.16. The summed E-state index contributed by atoms with van der Waals surface area (Å²) in [4.78, 5) is 0. The first-order chi connectivity index (χ1) is 11.8. The van der Waals surface area contributed by atoms with Crippen LogP contribution in [0.25, 0.3) is 18.2 Å². The highest BCUT2D eigenvalue weighted by atomic mass is 14.1. The lowest BCUT2D eigenvalue weighted by Crippen LogP contribution is -1.90. The van der Waals surface area contributed by atoms with Gasteiger partial charge in [0.2, 0.25) is 0 Å². The molecule has 0 spiro atoms. The normalized spacial score (nSPS) is 14.9. The fraction of sp³-hybridized carbons (Fsp3) is 0.167. The summed E-state index contributed by atoms with van der Waals surface area (Å²) in [5, 5.41) is 0. The standard InChI is InChI=1S/C24H24/c1-2-20-8-10-22(11-9-20)14-15-24-18-16-23(17-19-24)13-12-21-6-4-3-5-7-21/h3-8,10,12-19H,2,9,11H2,1H3/b13-12+,15-14+.